The smallest absolute Gasteiger partial charge is 0.0238 e. The van der Waals surface area contributed by atoms with Gasteiger partial charge in [0.1, 0.15) is 0 Å². The minimum absolute atomic E-state index is 1.13. The SMILES string of the molecule is CCCC.c1ccc(CCc2ccccc2)cc1. The molecule has 96 valence electrons. The number of hydrogen-bond acceptors (Lipinski definition) is 0. The molecule has 0 aliphatic carbocycles. The largest absolute Gasteiger partial charge is 0.0654 e. The Morgan fingerprint density at radius 2 is 0.889 bits per heavy atom. The third-order valence-electron chi connectivity index (χ3n) is 2.89. The van der Waals surface area contributed by atoms with Crippen LogP contribution in [0.2, 0.25) is 0 Å². The lowest BCUT2D eigenvalue weighted by Crippen LogP contribution is -1.89. The fourth-order valence-corrected chi connectivity index (χ4v) is 1.58. The summed E-state index contributed by atoms with van der Waals surface area (Å²) in [5.74, 6) is 0. The standard InChI is InChI=1S/C14H14.C4H10/c1-3-7-13(8-4-1)11-12-14-9-5-2-6-10-14;1-3-4-2/h1-10H,11-12H2;3-4H2,1-2H3. The van der Waals surface area contributed by atoms with Gasteiger partial charge in [0.25, 0.3) is 0 Å². The summed E-state index contributed by atoms with van der Waals surface area (Å²) in [6.07, 6.45) is 4.90. The zero-order valence-corrected chi connectivity index (χ0v) is 11.6. The second-order valence-corrected chi connectivity index (χ2v) is 4.47. The van der Waals surface area contributed by atoms with Crippen LogP contribution in [0.4, 0.5) is 0 Å². The van der Waals surface area contributed by atoms with Crippen LogP contribution < -0.4 is 0 Å². The Labute approximate surface area is 112 Å². The Morgan fingerprint density at radius 3 is 1.17 bits per heavy atom. The van der Waals surface area contributed by atoms with Crippen molar-refractivity contribution in [1.29, 1.82) is 0 Å². The maximum Gasteiger partial charge on any atom is -0.0238 e. The van der Waals surface area contributed by atoms with Crippen LogP contribution in [0.15, 0.2) is 60.7 Å². The third kappa shape index (κ3) is 6.24. The Balaban J connectivity index is 0.000000357. The van der Waals surface area contributed by atoms with Crippen LogP contribution in [0.3, 0.4) is 0 Å². The zero-order chi connectivity index (χ0) is 13.1. The first-order valence-corrected chi connectivity index (χ1v) is 6.94. The van der Waals surface area contributed by atoms with Gasteiger partial charge in [-0.15, -0.1) is 0 Å². The molecule has 0 aliphatic heterocycles. The summed E-state index contributed by atoms with van der Waals surface area (Å²) in [6, 6.07) is 21.2. The van der Waals surface area contributed by atoms with E-state index in [1.54, 1.807) is 0 Å². The van der Waals surface area contributed by atoms with Crippen molar-refractivity contribution in [3.8, 4) is 0 Å². The van der Waals surface area contributed by atoms with Crippen LogP contribution in [0.25, 0.3) is 0 Å². The first-order chi connectivity index (χ1) is 8.86. The number of unbranched alkanes of at least 4 members (excludes halogenated alkanes) is 1. The lowest BCUT2D eigenvalue weighted by molar-refractivity contribution is 0.886. The van der Waals surface area contributed by atoms with E-state index in [0.29, 0.717) is 0 Å². The number of hydrogen-bond donors (Lipinski definition) is 0. The van der Waals surface area contributed by atoms with Gasteiger partial charge in [0.2, 0.25) is 0 Å². The van der Waals surface area contributed by atoms with Gasteiger partial charge in [0.05, 0.1) is 0 Å². The molecule has 0 atom stereocenters. The fourth-order valence-electron chi connectivity index (χ4n) is 1.58. The van der Waals surface area contributed by atoms with Crippen molar-refractivity contribution in [2.75, 3.05) is 0 Å². The minimum Gasteiger partial charge on any atom is -0.0654 e. The highest BCUT2D eigenvalue weighted by Crippen LogP contribution is 2.06. The molecule has 0 spiro atoms. The topological polar surface area (TPSA) is 0 Å². The van der Waals surface area contributed by atoms with Crippen molar-refractivity contribution in [3.05, 3.63) is 71.8 Å². The predicted molar refractivity (Wildman–Crippen MR) is 80.9 cm³/mol. The number of benzene rings is 2. The monoisotopic (exact) mass is 240 g/mol. The van der Waals surface area contributed by atoms with Gasteiger partial charge < -0.3 is 0 Å². The van der Waals surface area contributed by atoms with Crippen LogP contribution in [-0.2, 0) is 12.8 Å². The van der Waals surface area contributed by atoms with Crippen LogP contribution in [0.5, 0.6) is 0 Å². The summed E-state index contributed by atoms with van der Waals surface area (Å²) in [7, 11) is 0. The second kappa shape index (κ2) is 9.47. The normalized spacial score (nSPS) is 9.44. The van der Waals surface area contributed by atoms with Gasteiger partial charge in [-0.3, -0.25) is 0 Å². The maximum absolute atomic E-state index is 2.18. The van der Waals surface area contributed by atoms with E-state index in [1.807, 2.05) is 0 Å². The van der Waals surface area contributed by atoms with E-state index in [1.165, 1.54) is 24.0 Å². The molecule has 0 N–H and O–H groups in total. The molecule has 0 heteroatoms. The van der Waals surface area contributed by atoms with E-state index in [0.717, 1.165) is 12.8 Å². The van der Waals surface area contributed by atoms with E-state index in [9.17, 15) is 0 Å². The quantitative estimate of drug-likeness (QED) is 0.682. The molecule has 0 bridgehead atoms. The average Bonchev–Trinajstić information content (AvgIpc) is 2.47. The summed E-state index contributed by atoms with van der Waals surface area (Å²) in [5, 5.41) is 0. The van der Waals surface area contributed by atoms with Crippen molar-refractivity contribution in [3.63, 3.8) is 0 Å². The molecule has 2 aromatic carbocycles. The summed E-state index contributed by atoms with van der Waals surface area (Å²) in [5.41, 5.74) is 2.83. The Kier molecular flexibility index (Phi) is 7.63. The highest BCUT2D eigenvalue weighted by atomic mass is 14.0. The Bertz CT molecular complexity index is 347. The van der Waals surface area contributed by atoms with E-state index in [-0.39, 0.29) is 0 Å². The third-order valence-corrected chi connectivity index (χ3v) is 2.89. The summed E-state index contributed by atoms with van der Waals surface area (Å²) in [4.78, 5) is 0. The van der Waals surface area contributed by atoms with E-state index < -0.39 is 0 Å². The first kappa shape index (κ1) is 14.5. The van der Waals surface area contributed by atoms with E-state index in [2.05, 4.69) is 74.5 Å². The second-order valence-electron chi connectivity index (χ2n) is 4.47. The van der Waals surface area contributed by atoms with Crippen molar-refractivity contribution >= 4 is 0 Å². The van der Waals surface area contributed by atoms with Gasteiger partial charge in [-0.25, -0.2) is 0 Å². The van der Waals surface area contributed by atoms with Gasteiger partial charge in [-0.1, -0.05) is 87.4 Å². The highest BCUT2D eigenvalue weighted by molar-refractivity contribution is 5.19. The Hall–Kier alpha value is -1.56. The highest BCUT2D eigenvalue weighted by Gasteiger charge is 1.93. The Morgan fingerprint density at radius 1 is 0.556 bits per heavy atom. The van der Waals surface area contributed by atoms with Crippen molar-refractivity contribution in [2.45, 2.75) is 39.5 Å². The van der Waals surface area contributed by atoms with Gasteiger partial charge in [-0.2, -0.15) is 0 Å². The molecule has 2 rings (SSSR count). The molecule has 0 amide bonds. The molecule has 0 saturated carbocycles. The molecule has 0 aromatic heterocycles. The van der Waals surface area contributed by atoms with Crippen molar-refractivity contribution < 1.29 is 0 Å². The molecule has 0 unspecified atom stereocenters. The molecule has 0 saturated heterocycles. The molecular weight excluding hydrogens is 216 g/mol. The van der Waals surface area contributed by atoms with Gasteiger partial charge >= 0.3 is 0 Å². The van der Waals surface area contributed by atoms with Crippen LogP contribution in [-0.4, -0.2) is 0 Å². The number of aryl methyl sites for hydroxylation is 2. The lowest BCUT2D eigenvalue weighted by Gasteiger charge is -2.01. The van der Waals surface area contributed by atoms with Gasteiger partial charge in [-0.05, 0) is 24.0 Å². The summed E-state index contributed by atoms with van der Waals surface area (Å²) >= 11 is 0. The zero-order valence-electron chi connectivity index (χ0n) is 11.6. The van der Waals surface area contributed by atoms with E-state index in [4.69, 9.17) is 0 Å². The summed E-state index contributed by atoms with van der Waals surface area (Å²) in [6.45, 7) is 4.36. The van der Waals surface area contributed by atoms with Crippen LogP contribution in [0, 0.1) is 0 Å². The lowest BCUT2D eigenvalue weighted by atomic mass is 10.0. The van der Waals surface area contributed by atoms with Crippen molar-refractivity contribution in [2.24, 2.45) is 0 Å². The molecule has 0 heterocycles. The van der Waals surface area contributed by atoms with Crippen LogP contribution in [0.1, 0.15) is 37.8 Å². The molecular formula is C18H24. The molecule has 0 aliphatic rings. The average molecular weight is 240 g/mol. The van der Waals surface area contributed by atoms with Crippen LogP contribution >= 0.6 is 0 Å². The predicted octanol–water partition coefficient (Wildman–Crippen LogP) is 5.28. The van der Waals surface area contributed by atoms with Crippen molar-refractivity contribution in [1.82, 2.24) is 0 Å². The molecule has 0 fully saturated rings. The molecule has 0 radical (unpaired) electrons. The molecule has 2 aromatic rings. The summed E-state index contributed by atoms with van der Waals surface area (Å²) < 4.78 is 0. The first-order valence-electron chi connectivity index (χ1n) is 6.94. The maximum atomic E-state index is 2.18. The molecule has 0 nitrogen and oxygen atoms in total. The fraction of sp³-hybridized carbons (Fsp3) is 0.333. The van der Waals surface area contributed by atoms with Gasteiger partial charge in [0, 0.05) is 0 Å². The molecule has 18 heavy (non-hydrogen) atoms. The van der Waals surface area contributed by atoms with E-state index >= 15 is 0 Å². The number of rotatable bonds is 4. The van der Waals surface area contributed by atoms with Gasteiger partial charge in [0.15, 0.2) is 0 Å². The minimum atomic E-state index is 1.13.